The zero-order valence-corrected chi connectivity index (χ0v) is 14.1. The Balaban J connectivity index is 2.10. The molecule has 0 aliphatic heterocycles. The Morgan fingerprint density at radius 1 is 1.05 bits per heavy atom. The van der Waals surface area contributed by atoms with Gasteiger partial charge in [-0.1, -0.05) is 36.4 Å². The molecule has 2 aromatic carbocycles. The molecule has 0 heterocycles. The van der Waals surface area contributed by atoms with Crippen LogP contribution < -0.4 is 4.74 Å². The van der Waals surface area contributed by atoms with Gasteiger partial charge in [-0.3, -0.25) is 0 Å². The van der Waals surface area contributed by atoms with Crippen LogP contribution in [0.25, 0.3) is 4.48 Å². The Kier molecular flexibility index (Phi) is 3.67. The van der Waals surface area contributed by atoms with E-state index >= 15 is 0 Å². The van der Waals surface area contributed by atoms with Crippen LogP contribution in [0.5, 0.6) is 5.75 Å². The molecule has 3 heteroatoms. The maximum Gasteiger partial charge on any atom is 0.118 e. The molecular weight excluding hydrogens is 415 g/mol. The topological polar surface area (TPSA) is 9.23 Å². The second kappa shape index (κ2) is 5.29. The largest absolute Gasteiger partial charge is 0.497 e. The van der Waals surface area contributed by atoms with Crippen LogP contribution >= 0.6 is 38.5 Å². The molecule has 1 aliphatic rings. The zero-order chi connectivity index (χ0) is 13.4. The summed E-state index contributed by atoms with van der Waals surface area (Å²) in [5.41, 5.74) is 3.96. The van der Waals surface area contributed by atoms with E-state index in [1.165, 1.54) is 24.8 Å². The number of halogens is 2. The average Bonchev–Trinajstić information content (AvgIpc) is 2.72. The van der Waals surface area contributed by atoms with E-state index in [4.69, 9.17) is 4.74 Å². The number of ether oxygens (including phenoxy) is 1. The van der Waals surface area contributed by atoms with Crippen LogP contribution in [0.15, 0.2) is 52.1 Å². The summed E-state index contributed by atoms with van der Waals surface area (Å²) >= 11 is 6.15. The number of fused-ring (bicyclic) bond motifs is 1. The number of rotatable bonds is 2. The summed E-state index contributed by atoms with van der Waals surface area (Å²) in [6.45, 7) is 0. The van der Waals surface area contributed by atoms with Gasteiger partial charge in [0, 0.05) is 14.0 Å². The van der Waals surface area contributed by atoms with Gasteiger partial charge < -0.3 is 4.74 Å². The molecule has 0 fully saturated rings. The number of hydrogen-bond donors (Lipinski definition) is 0. The monoisotopic (exact) mass is 426 g/mol. The highest BCUT2D eigenvalue weighted by Gasteiger charge is 2.29. The van der Waals surface area contributed by atoms with E-state index in [2.05, 4.69) is 74.9 Å². The van der Waals surface area contributed by atoms with Gasteiger partial charge in [0.2, 0.25) is 0 Å². The highest BCUT2D eigenvalue weighted by atomic mass is 127. The Labute approximate surface area is 134 Å². The number of allylic oxidation sites excluding steroid dienone is 1. The van der Waals surface area contributed by atoms with Crippen molar-refractivity contribution in [3.63, 3.8) is 0 Å². The first kappa shape index (κ1) is 13.2. The van der Waals surface area contributed by atoms with Crippen LogP contribution in [0.3, 0.4) is 0 Å². The molecule has 1 aliphatic carbocycles. The zero-order valence-electron chi connectivity index (χ0n) is 10.4. The van der Waals surface area contributed by atoms with E-state index in [0.717, 1.165) is 5.75 Å². The summed E-state index contributed by atoms with van der Waals surface area (Å²) in [4.78, 5) is 0. The summed E-state index contributed by atoms with van der Waals surface area (Å²) in [6.07, 6.45) is 0. The number of benzene rings is 2. The fraction of sp³-hybridized carbons (Fsp3) is 0.125. The van der Waals surface area contributed by atoms with Crippen LogP contribution in [0, 0.1) is 0 Å². The highest BCUT2D eigenvalue weighted by molar-refractivity contribution is 14.1. The van der Waals surface area contributed by atoms with E-state index in [1.54, 1.807) is 7.11 Å². The van der Waals surface area contributed by atoms with Gasteiger partial charge in [-0.05, 0) is 67.3 Å². The van der Waals surface area contributed by atoms with Crippen molar-refractivity contribution in [1.29, 1.82) is 0 Å². The molecule has 19 heavy (non-hydrogen) atoms. The maximum atomic E-state index is 5.23. The fourth-order valence-electron chi connectivity index (χ4n) is 2.46. The van der Waals surface area contributed by atoms with Crippen molar-refractivity contribution in [2.24, 2.45) is 0 Å². The molecule has 96 valence electrons. The summed E-state index contributed by atoms with van der Waals surface area (Å²) in [5.74, 6) is 1.23. The van der Waals surface area contributed by atoms with Crippen molar-refractivity contribution in [3.05, 3.63) is 68.8 Å². The van der Waals surface area contributed by atoms with E-state index < -0.39 is 0 Å². The van der Waals surface area contributed by atoms with Gasteiger partial charge in [0.05, 0.1) is 7.11 Å². The first-order chi connectivity index (χ1) is 9.22. The van der Waals surface area contributed by atoms with Gasteiger partial charge in [-0.25, -0.2) is 0 Å². The smallest absolute Gasteiger partial charge is 0.118 e. The molecule has 1 atom stereocenters. The summed E-state index contributed by atoms with van der Waals surface area (Å²) in [5, 5.41) is 0. The van der Waals surface area contributed by atoms with Crippen LogP contribution in [-0.4, -0.2) is 7.11 Å². The minimum absolute atomic E-state index is 0.331. The van der Waals surface area contributed by atoms with Crippen LogP contribution in [-0.2, 0) is 0 Å². The lowest BCUT2D eigenvalue weighted by molar-refractivity contribution is 0.414. The molecule has 1 nitrogen and oxygen atoms in total. The fourth-order valence-corrected chi connectivity index (χ4v) is 4.04. The lowest BCUT2D eigenvalue weighted by Crippen LogP contribution is -1.98. The summed E-state index contributed by atoms with van der Waals surface area (Å²) in [6, 6.07) is 16.9. The Morgan fingerprint density at radius 3 is 2.42 bits per heavy atom. The van der Waals surface area contributed by atoms with Crippen LogP contribution in [0.2, 0.25) is 0 Å². The van der Waals surface area contributed by atoms with Crippen LogP contribution in [0.4, 0.5) is 0 Å². The van der Waals surface area contributed by atoms with Gasteiger partial charge in [-0.15, -0.1) is 0 Å². The molecule has 0 radical (unpaired) electrons. The number of methoxy groups -OCH3 is 1. The molecule has 2 aromatic rings. The molecule has 1 unspecified atom stereocenters. The van der Waals surface area contributed by atoms with Gasteiger partial charge in [0.15, 0.2) is 0 Å². The molecular formula is C16H12BrIO. The molecule has 0 spiro atoms. The number of hydrogen-bond acceptors (Lipinski definition) is 1. The Bertz CT molecular complexity index is 646. The first-order valence-corrected chi connectivity index (χ1v) is 7.88. The van der Waals surface area contributed by atoms with Crippen molar-refractivity contribution >= 4 is 43.0 Å². The van der Waals surface area contributed by atoms with E-state index in [0.29, 0.717) is 5.92 Å². The predicted molar refractivity (Wildman–Crippen MR) is 91.1 cm³/mol. The average molecular weight is 427 g/mol. The van der Waals surface area contributed by atoms with Gasteiger partial charge in [0.25, 0.3) is 0 Å². The lowest BCUT2D eigenvalue weighted by atomic mass is 9.93. The van der Waals surface area contributed by atoms with Crippen molar-refractivity contribution in [2.75, 3.05) is 7.11 Å². The van der Waals surface area contributed by atoms with E-state index in [1.807, 2.05) is 12.1 Å². The molecule has 0 saturated carbocycles. The SMILES string of the molecule is COc1ccc(C2C(I)=C(Br)c3ccccc32)cc1. The highest BCUT2D eigenvalue weighted by Crippen LogP contribution is 2.50. The quantitative estimate of drug-likeness (QED) is 0.589. The molecule has 0 N–H and O–H groups in total. The Hall–Kier alpha value is -0.810. The molecule has 0 amide bonds. The minimum atomic E-state index is 0.331. The first-order valence-electron chi connectivity index (χ1n) is 6.01. The van der Waals surface area contributed by atoms with Gasteiger partial charge in [-0.2, -0.15) is 0 Å². The minimum Gasteiger partial charge on any atom is -0.497 e. The second-order valence-electron chi connectivity index (χ2n) is 4.46. The Morgan fingerprint density at radius 2 is 1.74 bits per heavy atom. The maximum absolute atomic E-state index is 5.23. The van der Waals surface area contributed by atoms with Crippen molar-refractivity contribution in [1.82, 2.24) is 0 Å². The normalized spacial score (nSPS) is 17.5. The van der Waals surface area contributed by atoms with Gasteiger partial charge in [0.1, 0.15) is 5.75 Å². The summed E-state index contributed by atoms with van der Waals surface area (Å²) < 4.78 is 7.78. The van der Waals surface area contributed by atoms with Crippen LogP contribution in [0.1, 0.15) is 22.6 Å². The molecule has 3 rings (SSSR count). The molecule has 0 saturated heterocycles. The predicted octanol–water partition coefficient (Wildman–Crippen LogP) is 5.34. The third kappa shape index (κ3) is 2.23. The van der Waals surface area contributed by atoms with Crippen molar-refractivity contribution < 1.29 is 4.74 Å². The third-order valence-electron chi connectivity index (χ3n) is 3.42. The standard InChI is InChI=1S/C16H12BrIO/c1-19-11-8-6-10(7-9-11)14-12-4-2-3-5-13(12)15(17)16(14)18/h2-9,14H,1H3. The third-order valence-corrected chi connectivity index (χ3v) is 6.18. The van der Waals surface area contributed by atoms with Crippen molar-refractivity contribution in [3.8, 4) is 5.75 Å². The molecule has 0 aromatic heterocycles. The second-order valence-corrected chi connectivity index (χ2v) is 6.41. The summed E-state index contributed by atoms with van der Waals surface area (Å²) in [7, 11) is 1.69. The lowest BCUT2D eigenvalue weighted by Gasteiger charge is -2.14. The van der Waals surface area contributed by atoms with Crippen molar-refractivity contribution in [2.45, 2.75) is 5.92 Å². The molecule has 0 bridgehead atoms. The van der Waals surface area contributed by atoms with E-state index in [-0.39, 0.29) is 0 Å². The van der Waals surface area contributed by atoms with Gasteiger partial charge >= 0.3 is 0 Å². The van der Waals surface area contributed by atoms with E-state index in [9.17, 15) is 0 Å².